The van der Waals surface area contributed by atoms with Crippen LogP contribution in [0, 0.1) is 25.2 Å². The van der Waals surface area contributed by atoms with Crippen LogP contribution < -0.4 is 4.90 Å². The lowest BCUT2D eigenvalue weighted by Crippen LogP contribution is -2.49. The summed E-state index contributed by atoms with van der Waals surface area (Å²) < 4.78 is 27.1. The van der Waals surface area contributed by atoms with Crippen LogP contribution in [-0.2, 0) is 10.0 Å². The van der Waals surface area contributed by atoms with Gasteiger partial charge in [-0.15, -0.1) is 0 Å². The van der Waals surface area contributed by atoms with Crippen molar-refractivity contribution in [1.82, 2.24) is 4.31 Å². The summed E-state index contributed by atoms with van der Waals surface area (Å²) in [5.41, 5.74) is 4.09. The van der Waals surface area contributed by atoms with E-state index in [1.807, 2.05) is 12.1 Å². The highest BCUT2D eigenvalue weighted by atomic mass is 32.2. The fourth-order valence-corrected chi connectivity index (χ4v) is 4.73. The molecule has 25 heavy (non-hydrogen) atoms. The second-order valence-corrected chi connectivity index (χ2v) is 8.21. The average molecular weight is 355 g/mol. The number of para-hydroxylation sites is 1. The summed E-state index contributed by atoms with van der Waals surface area (Å²) in [5.74, 6) is 0. The number of hydrogen-bond donors (Lipinski definition) is 0. The lowest BCUT2D eigenvalue weighted by Gasteiger charge is -2.36. The number of sulfonamides is 1. The van der Waals surface area contributed by atoms with E-state index in [0.29, 0.717) is 31.7 Å². The number of aryl methyl sites for hydroxylation is 2. The molecule has 0 N–H and O–H groups in total. The van der Waals surface area contributed by atoms with E-state index in [4.69, 9.17) is 5.26 Å². The molecule has 0 atom stereocenters. The summed E-state index contributed by atoms with van der Waals surface area (Å²) in [7, 11) is -3.52. The van der Waals surface area contributed by atoms with Gasteiger partial charge in [-0.05, 0) is 49.2 Å². The number of hydrogen-bond acceptors (Lipinski definition) is 4. The minimum Gasteiger partial charge on any atom is -0.368 e. The van der Waals surface area contributed by atoms with Crippen LogP contribution in [-0.4, -0.2) is 38.9 Å². The molecule has 2 aromatic rings. The lowest BCUT2D eigenvalue weighted by molar-refractivity contribution is 0.384. The Labute approximate surface area is 149 Å². The molecule has 0 saturated carbocycles. The molecule has 5 nitrogen and oxygen atoms in total. The van der Waals surface area contributed by atoms with Gasteiger partial charge in [0.1, 0.15) is 0 Å². The summed E-state index contributed by atoms with van der Waals surface area (Å²) in [4.78, 5) is 2.50. The van der Waals surface area contributed by atoms with E-state index in [-0.39, 0.29) is 4.90 Å². The Morgan fingerprint density at radius 2 is 1.48 bits per heavy atom. The van der Waals surface area contributed by atoms with Gasteiger partial charge < -0.3 is 4.90 Å². The third kappa shape index (κ3) is 3.39. The lowest BCUT2D eigenvalue weighted by atomic mass is 10.1. The van der Waals surface area contributed by atoms with Crippen molar-refractivity contribution in [2.45, 2.75) is 18.7 Å². The smallest absolute Gasteiger partial charge is 0.243 e. The Hall–Kier alpha value is -2.36. The molecule has 0 spiro atoms. The van der Waals surface area contributed by atoms with Gasteiger partial charge in [0.25, 0.3) is 0 Å². The number of rotatable bonds is 3. The zero-order valence-corrected chi connectivity index (χ0v) is 15.3. The Morgan fingerprint density at radius 1 is 0.920 bits per heavy atom. The van der Waals surface area contributed by atoms with Gasteiger partial charge >= 0.3 is 0 Å². The van der Waals surface area contributed by atoms with Gasteiger partial charge in [-0.3, -0.25) is 0 Å². The first-order chi connectivity index (χ1) is 11.9. The zero-order chi connectivity index (χ0) is 18.0. The molecular weight excluding hydrogens is 334 g/mol. The van der Waals surface area contributed by atoms with Crippen LogP contribution in [0.25, 0.3) is 0 Å². The minimum atomic E-state index is -3.52. The minimum absolute atomic E-state index is 0.243. The molecule has 130 valence electrons. The molecule has 0 unspecified atom stereocenters. The summed E-state index contributed by atoms with van der Waals surface area (Å²) in [6, 6.07) is 14.3. The standard InChI is InChI=1S/C19H21N3O2S/c1-15-4-3-5-16(2)19(15)21-10-12-22(13-11-21)25(23,24)18-8-6-17(14-20)7-9-18/h3-9H,10-13H2,1-2H3. The third-order valence-electron chi connectivity index (χ3n) is 4.62. The fourth-order valence-electron chi connectivity index (χ4n) is 3.31. The number of benzene rings is 2. The van der Waals surface area contributed by atoms with Gasteiger partial charge in [0, 0.05) is 31.9 Å². The SMILES string of the molecule is Cc1cccc(C)c1N1CCN(S(=O)(=O)c2ccc(C#N)cc2)CC1. The van der Waals surface area contributed by atoms with Crippen molar-refractivity contribution in [2.24, 2.45) is 0 Å². The first-order valence-corrected chi connectivity index (χ1v) is 9.69. The van der Waals surface area contributed by atoms with Gasteiger partial charge in [0.2, 0.25) is 10.0 Å². The molecule has 3 rings (SSSR count). The monoisotopic (exact) mass is 355 g/mol. The number of piperazine rings is 1. The molecule has 2 aromatic carbocycles. The van der Waals surface area contributed by atoms with Crippen molar-refractivity contribution in [1.29, 1.82) is 5.26 Å². The van der Waals surface area contributed by atoms with Crippen LogP contribution in [0.5, 0.6) is 0 Å². The van der Waals surface area contributed by atoms with Gasteiger partial charge in [0.15, 0.2) is 0 Å². The number of nitriles is 1. The topological polar surface area (TPSA) is 64.4 Å². The predicted octanol–water partition coefficient (Wildman–Crippen LogP) is 2.69. The number of anilines is 1. The van der Waals surface area contributed by atoms with Crippen molar-refractivity contribution in [3.8, 4) is 6.07 Å². The highest BCUT2D eigenvalue weighted by Crippen LogP contribution is 2.27. The second kappa shape index (κ2) is 6.87. The average Bonchev–Trinajstić information content (AvgIpc) is 2.62. The maximum absolute atomic E-state index is 12.8. The van der Waals surface area contributed by atoms with Crippen LogP contribution in [0.4, 0.5) is 5.69 Å². The van der Waals surface area contributed by atoms with E-state index in [9.17, 15) is 8.42 Å². The Balaban J connectivity index is 1.76. The largest absolute Gasteiger partial charge is 0.368 e. The molecule has 1 aliphatic heterocycles. The Bertz CT molecular complexity index is 886. The van der Waals surface area contributed by atoms with Crippen molar-refractivity contribution in [3.63, 3.8) is 0 Å². The van der Waals surface area contributed by atoms with Crippen molar-refractivity contribution >= 4 is 15.7 Å². The quantitative estimate of drug-likeness (QED) is 0.849. The van der Waals surface area contributed by atoms with Crippen LogP contribution in [0.3, 0.4) is 0 Å². The van der Waals surface area contributed by atoms with Crippen molar-refractivity contribution in [2.75, 3.05) is 31.1 Å². The van der Waals surface area contributed by atoms with Crippen LogP contribution in [0.2, 0.25) is 0 Å². The van der Waals surface area contributed by atoms with Crippen LogP contribution in [0.1, 0.15) is 16.7 Å². The zero-order valence-electron chi connectivity index (χ0n) is 14.4. The molecule has 1 saturated heterocycles. The molecule has 1 heterocycles. The van der Waals surface area contributed by atoms with E-state index in [1.165, 1.54) is 33.3 Å². The van der Waals surface area contributed by atoms with Gasteiger partial charge in [-0.1, -0.05) is 18.2 Å². The van der Waals surface area contributed by atoms with Gasteiger partial charge in [-0.2, -0.15) is 9.57 Å². The predicted molar refractivity (Wildman–Crippen MR) is 98.0 cm³/mol. The van der Waals surface area contributed by atoms with E-state index in [1.54, 1.807) is 12.1 Å². The van der Waals surface area contributed by atoms with Crippen molar-refractivity contribution < 1.29 is 8.42 Å². The second-order valence-electron chi connectivity index (χ2n) is 6.27. The van der Waals surface area contributed by atoms with E-state index >= 15 is 0 Å². The summed E-state index contributed by atoms with van der Waals surface area (Å²) in [6.07, 6.45) is 0. The molecule has 0 radical (unpaired) electrons. The molecule has 1 fully saturated rings. The third-order valence-corrected chi connectivity index (χ3v) is 6.53. The maximum Gasteiger partial charge on any atom is 0.243 e. The van der Waals surface area contributed by atoms with Gasteiger partial charge in [0.05, 0.1) is 16.5 Å². The summed E-state index contributed by atoms with van der Waals surface area (Å²) in [6.45, 7) is 6.42. The summed E-state index contributed by atoms with van der Waals surface area (Å²) in [5, 5.41) is 8.85. The normalized spacial score (nSPS) is 15.8. The molecule has 6 heteroatoms. The molecular formula is C19H21N3O2S. The summed E-state index contributed by atoms with van der Waals surface area (Å²) >= 11 is 0. The first-order valence-electron chi connectivity index (χ1n) is 8.25. The number of nitrogens with zero attached hydrogens (tertiary/aromatic N) is 3. The fraction of sp³-hybridized carbons (Fsp3) is 0.316. The van der Waals surface area contributed by atoms with E-state index in [2.05, 4.69) is 30.9 Å². The molecule has 1 aliphatic rings. The Kier molecular flexibility index (Phi) is 4.80. The van der Waals surface area contributed by atoms with Crippen LogP contribution in [0.15, 0.2) is 47.4 Å². The molecule has 0 bridgehead atoms. The molecule has 0 aromatic heterocycles. The molecule has 0 aliphatic carbocycles. The van der Waals surface area contributed by atoms with Crippen molar-refractivity contribution in [3.05, 3.63) is 59.2 Å². The van der Waals surface area contributed by atoms with Crippen LogP contribution >= 0.6 is 0 Å². The maximum atomic E-state index is 12.8. The van der Waals surface area contributed by atoms with Gasteiger partial charge in [-0.25, -0.2) is 8.42 Å². The highest BCUT2D eigenvalue weighted by Gasteiger charge is 2.29. The first kappa shape index (κ1) is 17.5. The molecule has 0 amide bonds. The Morgan fingerprint density at radius 3 is 2.00 bits per heavy atom. The van der Waals surface area contributed by atoms with E-state index < -0.39 is 10.0 Å². The highest BCUT2D eigenvalue weighted by molar-refractivity contribution is 7.89. The van der Waals surface area contributed by atoms with E-state index in [0.717, 1.165) is 0 Å².